The predicted octanol–water partition coefficient (Wildman–Crippen LogP) is 2.05. The Hall–Kier alpha value is -0.700. The summed E-state index contributed by atoms with van der Waals surface area (Å²) in [5.41, 5.74) is 6.84. The highest BCUT2D eigenvalue weighted by Crippen LogP contribution is 2.30. The van der Waals surface area contributed by atoms with Crippen molar-refractivity contribution >= 4 is 21.6 Å². The van der Waals surface area contributed by atoms with Crippen LogP contribution < -0.4 is 5.73 Å². The van der Waals surface area contributed by atoms with Gasteiger partial charge in [-0.2, -0.15) is 0 Å². The molecule has 3 N–H and O–H groups in total. The third-order valence-corrected chi connectivity index (χ3v) is 2.06. The van der Waals surface area contributed by atoms with E-state index in [4.69, 9.17) is 5.73 Å². The van der Waals surface area contributed by atoms with Crippen LogP contribution in [0.1, 0.15) is 5.56 Å². The lowest BCUT2D eigenvalue weighted by molar-refractivity contribution is 0.468. The second-order valence-corrected chi connectivity index (χ2v) is 2.96. The van der Waals surface area contributed by atoms with Crippen molar-refractivity contribution in [3.05, 3.63) is 22.2 Å². The normalized spacial score (nSPS) is 9.80. The summed E-state index contributed by atoms with van der Waals surface area (Å²) < 4.78 is 0.680. The number of hydrogen-bond acceptors (Lipinski definition) is 2. The van der Waals surface area contributed by atoms with Gasteiger partial charge < -0.3 is 10.8 Å². The molecule has 0 aliphatic rings. The fourth-order valence-corrected chi connectivity index (χ4v) is 1.11. The number of benzene rings is 1. The van der Waals surface area contributed by atoms with E-state index in [-0.39, 0.29) is 5.75 Å². The summed E-state index contributed by atoms with van der Waals surface area (Å²) in [7, 11) is 0. The lowest BCUT2D eigenvalue weighted by atomic mass is 10.2. The minimum absolute atomic E-state index is 0.222. The van der Waals surface area contributed by atoms with Gasteiger partial charge in [0.25, 0.3) is 0 Å². The van der Waals surface area contributed by atoms with Crippen LogP contribution in [0.2, 0.25) is 0 Å². The van der Waals surface area contributed by atoms with Gasteiger partial charge >= 0.3 is 0 Å². The summed E-state index contributed by atoms with van der Waals surface area (Å²) in [5, 5.41) is 9.26. The molecule has 54 valence electrons. The van der Waals surface area contributed by atoms with Crippen LogP contribution in [0.25, 0.3) is 0 Å². The molecule has 0 aromatic heterocycles. The number of rotatable bonds is 0. The van der Waals surface area contributed by atoms with Crippen molar-refractivity contribution in [2.24, 2.45) is 0 Å². The molecule has 1 aromatic rings. The minimum atomic E-state index is 0.222. The lowest BCUT2D eigenvalue weighted by Crippen LogP contribution is -1.88. The van der Waals surface area contributed by atoms with Crippen molar-refractivity contribution in [3.63, 3.8) is 0 Å². The van der Waals surface area contributed by atoms with E-state index in [1.165, 1.54) is 0 Å². The van der Waals surface area contributed by atoms with Gasteiger partial charge in [-0.25, -0.2) is 0 Å². The molecule has 1 rings (SSSR count). The first-order chi connectivity index (χ1) is 4.63. The molecule has 0 amide bonds. The molecular formula is C7H8BrNO. The van der Waals surface area contributed by atoms with E-state index in [1.807, 2.05) is 0 Å². The summed E-state index contributed by atoms with van der Waals surface area (Å²) in [6.45, 7) is 1.77. The largest absolute Gasteiger partial charge is 0.506 e. The van der Waals surface area contributed by atoms with Crippen LogP contribution in [0.5, 0.6) is 5.75 Å². The summed E-state index contributed by atoms with van der Waals surface area (Å²) in [4.78, 5) is 0. The summed E-state index contributed by atoms with van der Waals surface area (Å²) >= 11 is 3.17. The average Bonchev–Trinajstić information content (AvgIpc) is 1.93. The molecule has 0 saturated carbocycles. The molecule has 2 nitrogen and oxygen atoms in total. The molecule has 0 heterocycles. The van der Waals surface area contributed by atoms with E-state index in [0.29, 0.717) is 10.2 Å². The maximum atomic E-state index is 9.26. The highest BCUT2D eigenvalue weighted by atomic mass is 79.9. The van der Waals surface area contributed by atoms with Crippen molar-refractivity contribution in [1.29, 1.82) is 0 Å². The van der Waals surface area contributed by atoms with Crippen molar-refractivity contribution in [2.45, 2.75) is 6.92 Å². The molecule has 3 heteroatoms. The third kappa shape index (κ3) is 1.09. The molecule has 0 unspecified atom stereocenters. The van der Waals surface area contributed by atoms with Crippen LogP contribution in [0, 0.1) is 6.92 Å². The number of nitrogen functional groups attached to an aromatic ring is 1. The highest BCUT2D eigenvalue weighted by Gasteiger charge is 2.02. The standard InChI is InChI=1S/C7H8BrNO/c1-4-6(9)3-2-5(8)7(4)10/h2-3,10H,9H2,1H3. The van der Waals surface area contributed by atoms with E-state index in [0.717, 1.165) is 5.56 Å². The van der Waals surface area contributed by atoms with Gasteiger partial charge in [-0.1, -0.05) is 0 Å². The van der Waals surface area contributed by atoms with Crippen LogP contribution in [0.3, 0.4) is 0 Å². The molecule has 0 bridgehead atoms. The van der Waals surface area contributed by atoms with Gasteiger partial charge in [0.1, 0.15) is 5.75 Å². The zero-order valence-electron chi connectivity index (χ0n) is 5.56. The minimum Gasteiger partial charge on any atom is -0.506 e. The topological polar surface area (TPSA) is 46.2 Å². The van der Waals surface area contributed by atoms with E-state index in [2.05, 4.69) is 15.9 Å². The summed E-state index contributed by atoms with van der Waals surface area (Å²) in [6.07, 6.45) is 0. The molecular weight excluding hydrogens is 194 g/mol. The van der Waals surface area contributed by atoms with E-state index < -0.39 is 0 Å². The van der Waals surface area contributed by atoms with E-state index >= 15 is 0 Å². The Morgan fingerprint density at radius 1 is 1.50 bits per heavy atom. The van der Waals surface area contributed by atoms with Crippen LogP contribution in [0.15, 0.2) is 16.6 Å². The van der Waals surface area contributed by atoms with Crippen molar-refractivity contribution in [3.8, 4) is 5.75 Å². The molecule has 0 aliphatic heterocycles. The zero-order valence-corrected chi connectivity index (χ0v) is 7.14. The lowest BCUT2D eigenvalue weighted by Gasteiger charge is -2.03. The average molecular weight is 202 g/mol. The third-order valence-electron chi connectivity index (χ3n) is 1.42. The Balaban J connectivity index is 3.34. The first-order valence-electron chi connectivity index (χ1n) is 2.86. The zero-order chi connectivity index (χ0) is 7.72. The first kappa shape index (κ1) is 7.41. The van der Waals surface area contributed by atoms with Gasteiger partial charge in [0.05, 0.1) is 4.47 Å². The van der Waals surface area contributed by atoms with Crippen LogP contribution in [-0.2, 0) is 0 Å². The van der Waals surface area contributed by atoms with Crippen molar-refractivity contribution in [2.75, 3.05) is 5.73 Å². The smallest absolute Gasteiger partial charge is 0.134 e. The molecule has 0 aliphatic carbocycles. The Bertz CT molecular complexity index is 233. The Morgan fingerprint density at radius 3 is 2.60 bits per heavy atom. The summed E-state index contributed by atoms with van der Waals surface area (Å²) in [5.74, 6) is 0.222. The quantitative estimate of drug-likeness (QED) is 0.632. The Kier molecular flexibility index (Phi) is 1.85. The van der Waals surface area contributed by atoms with Crippen LogP contribution in [0.4, 0.5) is 5.69 Å². The molecule has 0 saturated heterocycles. The number of aromatic hydroxyl groups is 1. The SMILES string of the molecule is Cc1c(N)ccc(Br)c1O. The van der Waals surface area contributed by atoms with Crippen LogP contribution >= 0.6 is 15.9 Å². The molecule has 0 fully saturated rings. The van der Waals surface area contributed by atoms with Gasteiger partial charge in [0.15, 0.2) is 0 Å². The Labute approximate surface area is 67.8 Å². The maximum absolute atomic E-state index is 9.26. The second kappa shape index (κ2) is 2.50. The van der Waals surface area contributed by atoms with Gasteiger partial charge in [0, 0.05) is 11.3 Å². The monoisotopic (exact) mass is 201 g/mol. The number of phenolic OH excluding ortho intramolecular Hbond substituents is 1. The predicted molar refractivity (Wildman–Crippen MR) is 45.0 cm³/mol. The molecule has 0 radical (unpaired) electrons. The highest BCUT2D eigenvalue weighted by molar-refractivity contribution is 9.10. The fourth-order valence-electron chi connectivity index (χ4n) is 0.683. The maximum Gasteiger partial charge on any atom is 0.134 e. The molecule has 1 aromatic carbocycles. The van der Waals surface area contributed by atoms with E-state index in [9.17, 15) is 5.11 Å². The number of anilines is 1. The number of halogens is 1. The number of hydrogen-bond donors (Lipinski definition) is 2. The first-order valence-corrected chi connectivity index (χ1v) is 3.65. The summed E-state index contributed by atoms with van der Waals surface area (Å²) in [6, 6.07) is 3.47. The van der Waals surface area contributed by atoms with Gasteiger partial charge in [-0.3, -0.25) is 0 Å². The second-order valence-electron chi connectivity index (χ2n) is 2.11. The van der Waals surface area contributed by atoms with E-state index in [1.54, 1.807) is 19.1 Å². The van der Waals surface area contributed by atoms with Gasteiger partial charge in [0.2, 0.25) is 0 Å². The molecule has 0 atom stereocenters. The van der Waals surface area contributed by atoms with Gasteiger partial charge in [-0.05, 0) is 35.0 Å². The van der Waals surface area contributed by atoms with Crippen molar-refractivity contribution < 1.29 is 5.11 Å². The number of nitrogens with two attached hydrogens (primary N) is 1. The number of phenols is 1. The van der Waals surface area contributed by atoms with Gasteiger partial charge in [-0.15, -0.1) is 0 Å². The molecule has 0 spiro atoms. The Morgan fingerprint density at radius 2 is 2.10 bits per heavy atom. The van der Waals surface area contributed by atoms with Crippen LogP contribution in [-0.4, -0.2) is 5.11 Å². The fraction of sp³-hybridized carbons (Fsp3) is 0.143. The molecule has 10 heavy (non-hydrogen) atoms. The van der Waals surface area contributed by atoms with Crippen molar-refractivity contribution in [1.82, 2.24) is 0 Å².